The summed E-state index contributed by atoms with van der Waals surface area (Å²) >= 11 is 3.20. The van der Waals surface area contributed by atoms with E-state index in [1.54, 1.807) is 6.07 Å². The molecule has 0 aliphatic heterocycles. The zero-order chi connectivity index (χ0) is 9.42. The van der Waals surface area contributed by atoms with Crippen LogP contribution < -0.4 is 0 Å². The van der Waals surface area contributed by atoms with Gasteiger partial charge in [-0.15, -0.1) is 0 Å². The zero-order valence-corrected chi connectivity index (χ0v) is 8.00. The smallest absolute Gasteiger partial charge is 0.336 e. The first-order valence-electron chi connectivity index (χ1n) is 3.55. The number of carbonyl (C=O) groups is 1. The fraction of sp³-hybridized carbons (Fsp3) is 0. The minimum absolute atomic E-state index is 0.222. The number of aromatic nitrogens is 2. The number of imidazole rings is 1. The number of hydrogen-bond acceptors (Lipinski definition) is 2. The first kappa shape index (κ1) is 8.25. The number of hydrogen-bond donors (Lipinski definition) is 2. The number of rotatable bonds is 1. The molecule has 0 aliphatic rings. The van der Waals surface area contributed by atoms with Crippen molar-refractivity contribution in [3.8, 4) is 0 Å². The molecule has 1 aromatic heterocycles. The van der Waals surface area contributed by atoms with Gasteiger partial charge in [-0.3, -0.25) is 0 Å². The van der Waals surface area contributed by atoms with Gasteiger partial charge in [-0.05, 0) is 28.1 Å². The van der Waals surface area contributed by atoms with E-state index in [2.05, 4.69) is 25.9 Å². The molecule has 5 heteroatoms. The van der Waals surface area contributed by atoms with Gasteiger partial charge in [0, 0.05) is 0 Å². The number of H-pyrrole nitrogens is 1. The van der Waals surface area contributed by atoms with Crippen LogP contribution in [0.1, 0.15) is 10.4 Å². The van der Waals surface area contributed by atoms with Crippen molar-refractivity contribution in [2.24, 2.45) is 0 Å². The quantitative estimate of drug-likeness (QED) is 0.802. The lowest BCUT2D eigenvalue weighted by Crippen LogP contribution is -1.97. The fourth-order valence-corrected chi connectivity index (χ4v) is 1.76. The van der Waals surface area contributed by atoms with Gasteiger partial charge in [0.1, 0.15) is 5.52 Å². The zero-order valence-electron chi connectivity index (χ0n) is 6.41. The van der Waals surface area contributed by atoms with E-state index in [0.29, 0.717) is 9.99 Å². The molecule has 2 N–H and O–H groups in total. The summed E-state index contributed by atoms with van der Waals surface area (Å²) in [5.74, 6) is -0.961. The number of aromatic carboxylic acids is 1. The Morgan fingerprint density at radius 1 is 1.54 bits per heavy atom. The van der Waals surface area contributed by atoms with Crippen LogP contribution in [0.2, 0.25) is 0 Å². The number of benzene rings is 1. The Morgan fingerprint density at radius 3 is 3.00 bits per heavy atom. The van der Waals surface area contributed by atoms with E-state index in [1.165, 1.54) is 12.4 Å². The molecule has 66 valence electrons. The van der Waals surface area contributed by atoms with E-state index in [9.17, 15) is 4.79 Å². The summed E-state index contributed by atoms with van der Waals surface area (Å²) in [7, 11) is 0. The molecular formula is C8H5BrN2O2. The fourth-order valence-electron chi connectivity index (χ4n) is 1.14. The highest BCUT2D eigenvalue weighted by Gasteiger charge is 2.11. The molecule has 2 aromatic rings. The molecule has 0 amide bonds. The molecule has 13 heavy (non-hydrogen) atoms. The normalized spacial score (nSPS) is 10.5. The van der Waals surface area contributed by atoms with E-state index in [-0.39, 0.29) is 5.56 Å². The summed E-state index contributed by atoms with van der Waals surface area (Å²) in [4.78, 5) is 17.6. The Balaban J connectivity index is 2.80. The van der Waals surface area contributed by atoms with Crippen LogP contribution in [0.4, 0.5) is 0 Å². The Kier molecular flexibility index (Phi) is 1.81. The summed E-state index contributed by atoms with van der Waals surface area (Å²) in [5, 5.41) is 8.79. The van der Waals surface area contributed by atoms with Crippen LogP contribution in [-0.2, 0) is 0 Å². The number of nitrogens with zero attached hydrogens (tertiary/aromatic N) is 1. The molecule has 0 fully saturated rings. The van der Waals surface area contributed by atoms with Crippen molar-refractivity contribution in [2.75, 3.05) is 0 Å². The second kappa shape index (κ2) is 2.85. The van der Waals surface area contributed by atoms with Gasteiger partial charge < -0.3 is 10.1 Å². The number of carboxylic acids is 1. The highest BCUT2D eigenvalue weighted by Crippen LogP contribution is 2.24. The molecule has 1 heterocycles. The summed E-state index contributed by atoms with van der Waals surface area (Å²) in [6.45, 7) is 0. The van der Waals surface area contributed by atoms with Crippen molar-refractivity contribution in [3.05, 3.63) is 28.5 Å². The van der Waals surface area contributed by atoms with Crippen molar-refractivity contribution in [1.29, 1.82) is 0 Å². The molecule has 2 rings (SSSR count). The second-order valence-electron chi connectivity index (χ2n) is 2.53. The predicted molar refractivity (Wildman–Crippen MR) is 50.8 cm³/mol. The number of aromatic amines is 1. The van der Waals surface area contributed by atoms with Crippen LogP contribution in [0.3, 0.4) is 0 Å². The molecule has 0 aliphatic carbocycles. The predicted octanol–water partition coefficient (Wildman–Crippen LogP) is 2.02. The van der Waals surface area contributed by atoms with E-state index in [1.807, 2.05) is 0 Å². The van der Waals surface area contributed by atoms with Crippen LogP contribution >= 0.6 is 15.9 Å². The number of carboxylic acid groups (broad SMARTS) is 1. The Morgan fingerprint density at radius 2 is 2.31 bits per heavy atom. The highest BCUT2D eigenvalue weighted by atomic mass is 79.9. The highest BCUT2D eigenvalue weighted by molar-refractivity contribution is 9.10. The average molecular weight is 241 g/mol. The van der Waals surface area contributed by atoms with Crippen molar-refractivity contribution in [2.45, 2.75) is 0 Å². The first-order chi connectivity index (χ1) is 6.20. The monoisotopic (exact) mass is 240 g/mol. The summed E-state index contributed by atoms with van der Waals surface area (Å²) < 4.78 is 0.513. The maximum absolute atomic E-state index is 10.7. The summed E-state index contributed by atoms with van der Waals surface area (Å²) in [6.07, 6.45) is 1.53. The van der Waals surface area contributed by atoms with Crippen LogP contribution in [0, 0.1) is 0 Å². The summed E-state index contributed by atoms with van der Waals surface area (Å²) in [6, 6.07) is 3.23. The van der Waals surface area contributed by atoms with Gasteiger partial charge in [-0.25, -0.2) is 9.78 Å². The van der Waals surface area contributed by atoms with Crippen LogP contribution in [-0.4, -0.2) is 21.0 Å². The molecule has 0 spiro atoms. The van der Waals surface area contributed by atoms with Crippen molar-refractivity contribution in [1.82, 2.24) is 9.97 Å². The second-order valence-corrected chi connectivity index (χ2v) is 3.32. The molecule has 0 bridgehead atoms. The SMILES string of the molecule is O=C(O)c1ccc2[nH]cnc2c1Br. The number of fused-ring (bicyclic) bond motifs is 1. The van der Waals surface area contributed by atoms with Gasteiger partial charge in [0.25, 0.3) is 0 Å². The average Bonchev–Trinajstić information content (AvgIpc) is 2.52. The van der Waals surface area contributed by atoms with Crippen molar-refractivity contribution in [3.63, 3.8) is 0 Å². The van der Waals surface area contributed by atoms with Crippen molar-refractivity contribution >= 4 is 32.9 Å². The van der Waals surface area contributed by atoms with E-state index in [0.717, 1.165) is 5.52 Å². The standard InChI is InChI=1S/C8H5BrN2O2/c9-6-4(8(12)13)1-2-5-7(6)11-3-10-5/h1-3H,(H,10,11)(H,12,13). The van der Waals surface area contributed by atoms with E-state index < -0.39 is 5.97 Å². The molecule has 4 nitrogen and oxygen atoms in total. The number of halogens is 1. The third-order valence-electron chi connectivity index (χ3n) is 1.76. The van der Waals surface area contributed by atoms with Crippen LogP contribution in [0.5, 0.6) is 0 Å². The maximum atomic E-state index is 10.7. The third kappa shape index (κ3) is 1.21. The summed E-state index contributed by atoms with van der Waals surface area (Å²) in [5.41, 5.74) is 1.68. The lowest BCUT2D eigenvalue weighted by molar-refractivity contribution is 0.0696. The molecule has 0 atom stereocenters. The molecule has 0 unspecified atom stereocenters. The number of nitrogens with one attached hydrogen (secondary N) is 1. The Bertz CT molecular complexity index is 478. The minimum Gasteiger partial charge on any atom is -0.478 e. The molecule has 0 saturated carbocycles. The Hall–Kier alpha value is -1.36. The lowest BCUT2D eigenvalue weighted by Gasteiger charge is -1.98. The minimum atomic E-state index is -0.961. The lowest BCUT2D eigenvalue weighted by atomic mass is 10.2. The van der Waals surface area contributed by atoms with Crippen LogP contribution in [0.25, 0.3) is 11.0 Å². The van der Waals surface area contributed by atoms with Gasteiger partial charge in [0.15, 0.2) is 0 Å². The maximum Gasteiger partial charge on any atom is 0.336 e. The molecule has 0 saturated heterocycles. The van der Waals surface area contributed by atoms with Gasteiger partial charge in [-0.2, -0.15) is 0 Å². The van der Waals surface area contributed by atoms with E-state index in [4.69, 9.17) is 5.11 Å². The van der Waals surface area contributed by atoms with Crippen LogP contribution in [0.15, 0.2) is 22.9 Å². The largest absolute Gasteiger partial charge is 0.478 e. The Labute approximate surface area is 81.7 Å². The van der Waals surface area contributed by atoms with E-state index >= 15 is 0 Å². The molecule has 1 aromatic carbocycles. The molecule has 0 radical (unpaired) electrons. The van der Waals surface area contributed by atoms with Gasteiger partial charge in [0.05, 0.1) is 21.9 Å². The topological polar surface area (TPSA) is 66.0 Å². The molecular weight excluding hydrogens is 236 g/mol. The van der Waals surface area contributed by atoms with Gasteiger partial charge in [0.2, 0.25) is 0 Å². The third-order valence-corrected chi connectivity index (χ3v) is 2.56. The van der Waals surface area contributed by atoms with Gasteiger partial charge >= 0.3 is 5.97 Å². The van der Waals surface area contributed by atoms with Gasteiger partial charge in [-0.1, -0.05) is 0 Å². The first-order valence-corrected chi connectivity index (χ1v) is 4.34. The van der Waals surface area contributed by atoms with Crippen molar-refractivity contribution < 1.29 is 9.90 Å².